The monoisotopic (exact) mass is 452 g/mol. The van der Waals surface area contributed by atoms with E-state index in [1.165, 1.54) is 0 Å². The highest BCUT2D eigenvalue weighted by Gasteiger charge is 2.23. The summed E-state index contributed by atoms with van der Waals surface area (Å²) in [7, 11) is 0. The second kappa shape index (κ2) is 9.96. The number of carbonyl (C=O) groups is 2. The molecule has 1 N–H and O–H groups in total. The van der Waals surface area contributed by atoms with Gasteiger partial charge in [0.25, 0.3) is 5.91 Å². The molecule has 1 aliphatic rings. The molecule has 1 fully saturated rings. The van der Waals surface area contributed by atoms with E-state index in [0.717, 1.165) is 37.1 Å². The number of nitrogens with one attached hydrogen (secondary N) is 1. The van der Waals surface area contributed by atoms with E-state index in [-0.39, 0.29) is 18.2 Å². The summed E-state index contributed by atoms with van der Waals surface area (Å²) in [5, 5.41) is 7.57. The van der Waals surface area contributed by atoms with Crippen LogP contribution in [0.5, 0.6) is 0 Å². The minimum atomic E-state index is -0.146. The number of likely N-dealkylation sites (tertiary alicyclic amines) is 1. The van der Waals surface area contributed by atoms with Gasteiger partial charge in [-0.25, -0.2) is 0 Å². The summed E-state index contributed by atoms with van der Waals surface area (Å²) < 4.78 is 5.30. The summed E-state index contributed by atoms with van der Waals surface area (Å²) in [5.41, 5.74) is 2.83. The molecule has 2 aromatic carbocycles. The van der Waals surface area contributed by atoms with Crippen LogP contribution in [0.25, 0.3) is 11.4 Å². The number of aromatic nitrogens is 2. The van der Waals surface area contributed by atoms with Gasteiger partial charge < -0.3 is 14.7 Å². The molecule has 4 rings (SSSR count). The maximum Gasteiger partial charge on any atom is 0.255 e. The Kier molecular flexibility index (Phi) is 6.85. The maximum atomic E-state index is 12.9. The van der Waals surface area contributed by atoms with Crippen molar-refractivity contribution in [2.45, 2.75) is 39.0 Å². The molecule has 0 spiro atoms. The van der Waals surface area contributed by atoms with Crippen molar-refractivity contribution in [2.24, 2.45) is 0 Å². The molecule has 0 atom stereocenters. The van der Waals surface area contributed by atoms with Gasteiger partial charge in [0.1, 0.15) is 0 Å². The number of rotatable bonds is 7. The fourth-order valence-electron chi connectivity index (χ4n) is 3.78. The van der Waals surface area contributed by atoms with E-state index in [2.05, 4.69) is 15.5 Å². The lowest BCUT2D eigenvalue weighted by atomic mass is 10.1. The highest BCUT2D eigenvalue weighted by molar-refractivity contribution is 6.30. The van der Waals surface area contributed by atoms with Crippen LogP contribution in [0.3, 0.4) is 0 Å². The number of anilines is 1. The van der Waals surface area contributed by atoms with Crippen LogP contribution in [0.4, 0.5) is 5.69 Å². The second-order valence-electron chi connectivity index (χ2n) is 7.92. The minimum Gasteiger partial charge on any atom is -0.339 e. The molecule has 0 saturated carbocycles. The summed E-state index contributed by atoms with van der Waals surface area (Å²) in [6.07, 6.45) is 3.37. The van der Waals surface area contributed by atoms with Crippen molar-refractivity contribution in [3.8, 4) is 11.4 Å². The van der Waals surface area contributed by atoms with Gasteiger partial charge in [-0.2, -0.15) is 4.98 Å². The van der Waals surface area contributed by atoms with Crippen molar-refractivity contribution in [3.63, 3.8) is 0 Å². The van der Waals surface area contributed by atoms with Crippen LogP contribution >= 0.6 is 11.6 Å². The minimum absolute atomic E-state index is 0.0258. The third-order valence-electron chi connectivity index (χ3n) is 5.53. The molecule has 2 amide bonds. The zero-order valence-corrected chi connectivity index (χ0v) is 18.7. The Labute approximate surface area is 191 Å². The van der Waals surface area contributed by atoms with E-state index in [1.54, 1.807) is 18.2 Å². The van der Waals surface area contributed by atoms with E-state index in [4.69, 9.17) is 16.1 Å². The highest BCUT2D eigenvalue weighted by Crippen LogP contribution is 2.24. The van der Waals surface area contributed by atoms with E-state index in [1.807, 2.05) is 36.1 Å². The van der Waals surface area contributed by atoms with Gasteiger partial charge in [0, 0.05) is 36.5 Å². The van der Waals surface area contributed by atoms with Gasteiger partial charge in [0.2, 0.25) is 17.6 Å². The highest BCUT2D eigenvalue weighted by atomic mass is 35.5. The van der Waals surface area contributed by atoms with Crippen LogP contribution in [0.15, 0.2) is 47.0 Å². The Balaban J connectivity index is 1.34. The fourth-order valence-corrected chi connectivity index (χ4v) is 3.90. The van der Waals surface area contributed by atoms with Crippen LogP contribution in [0, 0.1) is 6.92 Å². The largest absolute Gasteiger partial charge is 0.339 e. The van der Waals surface area contributed by atoms with Crippen LogP contribution in [0.2, 0.25) is 5.02 Å². The third-order valence-corrected chi connectivity index (χ3v) is 5.78. The number of benzene rings is 2. The lowest BCUT2D eigenvalue weighted by Crippen LogP contribution is -2.29. The number of aryl methyl sites for hydroxylation is 2. The first-order chi connectivity index (χ1) is 15.5. The molecule has 1 aliphatic heterocycles. The van der Waals surface area contributed by atoms with Crippen molar-refractivity contribution in [2.75, 3.05) is 18.4 Å². The lowest BCUT2D eigenvalue weighted by Gasteiger charge is -2.19. The maximum absolute atomic E-state index is 12.9. The van der Waals surface area contributed by atoms with Gasteiger partial charge in [0.15, 0.2) is 0 Å². The molecule has 2 heterocycles. The summed E-state index contributed by atoms with van der Waals surface area (Å²) in [6.45, 7) is 3.43. The first-order valence-electron chi connectivity index (χ1n) is 10.8. The van der Waals surface area contributed by atoms with Crippen molar-refractivity contribution < 1.29 is 14.1 Å². The SMILES string of the molecule is Cc1cccc(C(=O)N2CCCC2)c1NC(=O)CCCc1nc(-c2ccc(Cl)cc2)no1. The fraction of sp³-hybridized carbons (Fsp3) is 0.333. The van der Waals surface area contributed by atoms with Crippen molar-refractivity contribution >= 4 is 29.1 Å². The number of hydrogen-bond donors (Lipinski definition) is 1. The van der Waals surface area contributed by atoms with Crippen molar-refractivity contribution in [1.82, 2.24) is 15.0 Å². The number of carbonyl (C=O) groups excluding carboxylic acids is 2. The number of halogens is 1. The van der Waals surface area contributed by atoms with Crippen LogP contribution in [-0.2, 0) is 11.2 Å². The Morgan fingerprint density at radius 3 is 2.62 bits per heavy atom. The van der Waals surface area contributed by atoms with E-state index in [0.29, 0.717) is 40.8 Å². The Bertz CT molecular complexity index is 1100. The van der Waals surface area contributed by atoms with Gasteiger partial charge in [-0.1, -0.05) is 28.9 Å². The number of hydrogen-bond acceptors (Lipinski definition) is 5. The van der Waals surface area contributed by atoms with Crippen LogP contribution in [0.1, 0.15) is 47.5 Å². The third kappa shape index (κ3) is 5.16. The summed E-state index contributed by atoms with van der Waals surface area (Å²) in [4.78, 5) is 31.7. The first-order valence-corrected chi connectivity index (χ1v) is 11.2. The molecule has 7 nitrogen and oxygen atoms in total. The molecular formula is C24H25ClN4O3. The Hall–Kier alpha value is -3.19. The van der Waals surface area contributed by atoms with Crippen LogP contribution < -0.4 is 5.32 Å². The molecule has 0 unspecified atom stereocenters. The first kappa shape index (κ1) is 22.0. The van der Waals surface area contributed by atoms with Crippen molar-refractivity contribution in [1.29, 1.82) is 0 Å². The quantitative estimate of drug-likeness (QED) is 0.551. The zero-order chi connectivity index (χ0) is 22.5. The predicted octanol–water partition coefficient (Wildman–Crippen LogP) is 4.90. The standard InChI is InChI=1S/C24H25ClN4O3/c1-16-6-4-7-19(24(31)29-14-2-3-15-29)22(16)26-20(30)8-5-9-21-27-23(28-32-21)17-10-12-18(25)13-11-17/h4,6-7,10-13H,2-3,5,8-9,14-15H2,1H3,(H,26,30). The summed E-state index contributed by atoms with van der Waals surface area (Å²) >= 11 is 5.91. The van der Waals surface area contributed by atoms with E-state index < -0.39 is 0 Å². The second-order valence-corrected chi connectivity index (χ2v) is 8.35. The molecule has 8 heteroatoms. The Morgan fingerprint density at radius 2 is 1.88 bits per heavy atom. The van der Waals surface area contributed by atoms with Gasteiger partial charge in [-0.05, 0) is 62.1 Å². The molecule has 1 aromatic heterocycles. The van der Waals surface area contributed by atoms with Crippen molar-refractivity contribution in [3.05, 3.63) is 64.5 Å². The van der Waals surface area contributed by atoms with Gasteiger partial charge >= 0.3 is 0 Å². The van der Waals surface area contributed by atoms with Gasteiger partial charge in [-0.3, -0.25) is 9.59 Å². The topological polar surface area (TPSA) is 88.3 Å². The molecule has 166 valence electrons. The van der Waals surface area contributed by atoms with Crippen LogP contribution in [-0.4, -0.2) is 39.9 Å². The summed E-state index contributed by atoms with van der Waals surface area (Å²) in [6, 6.07) is 12.7. The molecule has 0 bridgehead atoms. The molecular weight excluding hydrogens is 428 g/mol. The number of amides is 2. The molecule has 0 aliphatic carbocycles. The van der Waals surface area contributed by atoms with Gasteiger partial charge in [-0.15, -0.1) is 0 Å². The molecule has 1 saturated heterocycles. The van der Waals surface area contributed by atoms with E-state index >= 15 is 0 Å². The molecule has 0 radical (unpaired) electrons. The smallest absolute Gasteiger partial charge is 0.255 e. The average molecular weight is 453 g/mol. The van der Waals surface area contributed by atoms with Gasteiger partial charge in [0.05, 0.1) is 11.3 Å². The average Bonchev–Trinajstić information content (AvgIpc) is 3.48. The number of nitrogens with zero attached hydrogens (tertiary/aromatic N) is 3. The molecule has 32 heavy (non-hydrogen) atoms. The summed E-state index contributed by atoms with van der Waals surface area (Å²) in [5.74, 6) is 0.795. The zero-order valence-electron chi connectivity index (χ0n) is 17.9. The lowest BCUT2D eigenvalue weighted by molar-refractivity contribution is -0.116. The number of para-hydroxylation sites is 1. The van der Waals surface area contributed by atoms with E-state index in [9.17, 15) is 9.59 Å². The predicted molar refractivity (Wildman–Crippen MR) is 123 cm³/mol. The Morgan fingerprint density at radius 1 is 1.12 bits per heavy atom. The normalized spacial score (nSPS) is 13.4. The molecule has 3 aromatic rings.